The molecule has 0 unspecified atom stereocenters. The fourth-order valence-corrected chi connectivity index (χ4v) is 1.05. The summed E-state index contributed by atoms with van der Waals surface area (Å²) in [5, 5.41) is 17.9. The predicted octanol–water partition coefficient (Wildman–Crippen LogP) is -0.506. The Hall–Kier alpha value is -0.585. The number of halogens is 1. The fraction of sp³-hybridized carbons (Fsp3) is 0.286. The Morgan fingerprint density at radius 3 is 2.85 bits per heavy atom. The van der Waals surface area contributed by atoms with Crippen molar-refractivity contribution in [3.8, 4) is 5.88 Å². The molecule has 0 aliphatic heterocycles. The van der Waals surface area contributed by atoms with E-state index >= 15 is 0 Å². The highest BCUT2D eigenvalue weighted by Crippen LogP contribution is 2.20. The first-order valence-corrected chi connectivity index (χ1v) is 4.46. The van der Waals surface area contributed by atoms with Crippen molar-refractivity contribution in [1.29, 1.82) is 0 Å². The van der Waals surface area contributed by atoms with Gasteiger partial charge in [-0.05, 0) is 28.1 Å². The van der Waals surface area contributed by atoms with Crippen LogP contribution in [0, 0.1) is 0 Å². The lowest BCUT2D eigenvalue weighted by atomic mass is 9.96. The van der Waals surface area contributed by atoms with Crippen LogP contribution in [0.4, 0.5) is 0 Å². The summed E-state index contributed by atoms with van der Waals surface area (Å²) in [5.41, 5.74) is -1.84. The average Bonchev–Trinajstić information content (AvgIpc) is 2.01. The first kappa shape index (κ1) is 10.5. The van der Waals surface area contributed by atoms with Gasteiger partial charge in [-0.25, -0.2) is 4.98 Å². The summed E-state index contributed by atoms with van der Waals surface area (Å²) < 4.78 is 5.72. The van der Waals surface area contributed by atoms with Gasteiger partial charge in [0.25, 0.3) is 0 Å². The minimum Gasteiger partial charge on any atom is -0.472 e. The van der Waals surface area contributed by atoms with Gasteiger partial charge in [-0.15, -0.1) is 0 Å². The van der Waals surface area contributed by atoms with Gasteiger partial charge < -0.3 is 14.9 Å². The van der Waals surface area contributed by atoms with Gasteiger partial charge in [0.15, 0.2) is 13.5 Å². The monoisotopic (exact) mass is 245 g/mol. The largest absolute Gasteiger partial charge is 0.472 e. The maximum absolute atomic E-state index is 8.96. The third-order valence-electron chi connectivity index (χ3n) is 1.21. The lowest BCUT2D eigenvalue weighted by Gasteiger charge is -2.16. The number of hydrogen-bond acceptors (Lipinski definition) is 4. The molecule has 0 saturated heterocycles. The van der Waals surface area contributed by atoms with Crippen molar-refractivity contribution >= 4 is 23.8 Å². The molecule has 0 amide bonds. The van der Waals surface area contributed by atoms with E-state index in [1.807, 2.05) is 0 Å². The molecule has 0 saturated carbocycles. The van der Waals surface area contributed by atoms with Crippen molar-refractivity contribution in [2.24, 2.45) is 0 Å². The summed E-state index contributed by atoms with van der Waals surface area (Å²) >= 11 is 3.21. The van der Waals surface area contributed by atoms with E-state index in [2.05, 4.69) is 20.9 Å². The molecule has 0 bridgehead atoms. The highest BCUT2D eigenvalue weighted by Gasteiger charge is 2.16. The molecule has 0 aliphatic carbocycles. The van der Waals surface area contributed by atoms with Crippen molar-refractivity contribution in [2.45, 2.75) is 5.69 Å². The molecule has 13 heavy (non-hydrogen) atoms. The molecular weight excluding hydrogens is 237 g/mol. The molecule has 1 rings (SSSR count). The first-order valence-electron chi connectivity index (χ1n) is 3.67. The van der Waals surface area contributed by atoms with Crippen LogP contribution in [0.5, 0.6) is 5.88 Å². The van der Waals surface area contributed by atoms with Crippen LogP contribution < -0.4 is 4.74 Å². The van der Waals surface area contributed by atoms with E-state index < -0.39 is 5.69 Å². The Morgan fingerprint density at radius 1 is 1.62 bits per heavy atom. The Balaban J connectivity index is 2.60. The molecule has 0 spiro atoms. The standard InChI is InChI=1S/C7H9BBrNO3/c8-7(11,12)4-13-6-5(9)2-1-3-10-6/h1-3,11-12H,4,8H2. The number of hydrogen-bond donors (Lipinski definition) is 2. The van der Waals surface area contributed by atoms with E-state index in [0.717, 1.165) is 0 Å². The molecule has 70 valence electrons. The van der Waals surface area contributed by atoms with E-state index in [9.17, 15) is 0 Å². The van der Waals surface area contributed by atoms with Crippen molar-refractivity contribution in [2.75, 3.05) is 6.61 Å². The van der Waals surface area contributed by atoms with Gasteiger partial charge in [-0.1, -0.05) is 0 Å². The molecule has 1 aromatic rings. The van der Waals surface area contributed by atoms with Gasteiger partial charge >= 0.3 is 0 Å². The Morgan fingerprint density at radius 2 is 2.31 bits per heavy atom. The quantitative estimate of drug-likeness (QED) is 0.557. The van der Waals surface area contributed by atoms with Gasteiger partial charge in [0, 0.05) is 6.20 Å². The van der Waals surface area contributed by atoms with Crippen LogP contribution in [-0.2, 0) is 0 Å². The maximum atomic E-state index is 8.96. The highest BCUT2D eigenvalue weighted by molar-refractivity contribution is 9.10. The Labute approximate surface area is 85.1 Å². The second-order valence-corrected chi connectivity index (χ2v) is 3.65. The molecule has 1 aromatic heterocycles. The van der Waals surface area contributed by atoms with E-state index in [1.165, 1.54) is 7.85 Å². The lowest BCUT2D eigenvalue weighted by Crippen LogP contribution is -2.36. The van der Waals surface area contributed by atoms with Crippen molar-refractivity contribution < 1.29 is 14.9 Å². The van der Waals surface area contributed by atoms with Crippen molar-refractivity contribution in [1.82, 2.24) is 4.98 Å². The zero-order chi connectivity index (χ0) is 9.90. The minimum absolute atomic E-state index is 0.220. The topological polar surface area (TPSA) is 62.6 Å². The zero-order valence-electron chi connectivity index (χ0n) is 7.07. The van der Waals surface area contributed by atoms with Crippen LogP contribution in [0.2, 0.25) is 0 Å². The van der Waals surface area contributed by atoms with E-state index in [0.29, 0.717) is 10.4 Å². The molecule has 4 nitrogen and oxygen atoms in total. The summed E-state index contributed by atoms with van der Waals surface area (Å²) in [4.78, 5) is 3.89. The number of nitrogens with zero attached hydrogens (tertiary/aromatic N) is 1. The number of aromatic nitrogens is 1. The molecule has 0 atom stereocenters. The zero-order valence-corrected chi connectivity index (χ0v) is 8.65. The van der Waals surface area contributed by atoms with E-state index in [4.69, 9.17) is 14.9 Å². The van der Waals surface area contributed by atoms with Crippen LogP contribution in [0.3, 0.4) is 0 Å². The molecule has 0 radical (unpaired) electrons. The van der Waals surface area contributed by atoms with Crippen molar-refractivity contribution in [3.63, 3.8) is 0 Å². The number of pyridine rings is 1. The molecule has 1 heterocycles. The number of rotatable bonds is 3. The van der Waals surface area contributed by atoms with Crippen molar-refractivity contribution in [3.05, 3.63) is 22.8 Å². The summed E-state index contributed by atoms with van der Waals surface area (Å²) in [6.07, 6.45) is 1.56. The molecule has 0 aromatic carbocycles. The molecular formula is C7H9BBrNO3. The third-order valence-corrected chi connectivity index (χ3v) is 1.81. The van der Waals surface area contributed by atoms with Crippen LogP contribution in [0.15, 0.2) is 22.8 Å². The highest BCUT2D eigenvalue weighted by atomic mass is 79.9. The van der Waals surface area contributed by atoms with Gasteiger partial charge in [0.2, 0.25) is 5.88 Å². The van der Waals surface area contributed by atoms with E-state index in [1.54, 1.807) is 18.3 Å². The molecule has 6 heteroatoms. The van der Waals surface area contributed by atoms with Crippen LogP contribution in [0.25, 0.3) is 0 Å². The fourth-order valence-electron chi connectivity index (χ4n) is 0.682. The van der Waals surface area contributed by atoms with E-state index in [-0.39, 0.29) is 6.61 Å². The molecule has 0 aliphatic rings. The summed E-state index contributed by atoms with van der Waals surface area (Å²) in [6, 6.07) is 3.50. The Bertz CT molecular complexity index is 289. The molecule has 2 N–H and O–H groups in total. The average molecular weight is 246 g/mol. The second-order valence-electron chi connectivity index (χ2n) is 2.80. The summed E-state index contributed by atoms with van der Waals surface area (Å²) in [6.45, 7) is -0.220. The van der Waals surface area contributed by atoms with Gasteiger partial charge in [-0.3, -0.25) is 0 Å². The third kappa shape index (κ3) is 3.76. The SMILES string of the molecule is BC(O)(O)COc1ncccc1Br. The first-order chi connectivity index (χ1) is 5.99. The normalized spacial score (nSPS) is 11.3. The lowest BCUT2D eigenvalue weighted by molar-refractivity contribution is -0.111. The number of aliphatic hydroxyl groups is 2. The summed E-state index contributed by atoms with van der Waals surface area (Å²) in [7, 11) is 1.24. The van der Waals surface area contributed by atoms with Crippen LogP contribution in [0.1, 0.15) is 0 Å². The van der Waals surface area contributed by atoms with Gasteiger partial charge in [0.1, 0.15) is 6.61 Å². The number of ether oxygens (including phenoxy) is 1. The second kappa shape index (κ2) is 4.08. The molecule has 0 fully saturated rings. The van der Waals surface area contributed by atoms with Crippen LogP contribution in [-0.4, -0.2) is 35.3 Å². The Kier molecular flexibility index (Phi) is 3.30. The predicted molar refractivity (Wildman–Crippen MR) is 53.1 cm³/mol. The summed E-state index contributed by atoms with van der Waals surface area (Å²) in [5.74, 6) is 0.344. The van der Waals surface area contributed by atoms with Gasteiger partial charge in [-0.2, -0.15) is 0 Å². The van der Waals surface area contributed by atoms with Gasteiger partial charge in [0.05, 0.1) is 4.47 Å². The minimum atomic E-state index is -1.84. The maximum Gasteiger partial charge on any atom is 0.228 e. The smallest absolute Gasteiger partial charge is 0.228 e. The van der Waals surface area contributed by atoms with Crippen LogP contribution >= 0.6 is 15.9 Å².